The lowest BCUT2D eigenvalue weighted by Crippen LogP contribution is -2.36. The van der Waals surface area contributed by atoms with Crippen LogP contribution in [0, 0.1) is 0 Å². The maximum absolute atomic E-state index is 11.4. The van der Waals surface area contributed by atoms with Crippen LogP contribution in [0.25, 0.3) is 0 Å². The summed E-state index contributed by atoms with van der Waals surface area (Å²) in [7, 11) is 3.67. The minimum Gasteiger partial charge on any atom is -0.469 e. The first kappa shape index (κ1) is 16.5. The molecule has 17 heavy (non-hydrogen) atoms. The molecule has 2 atom stereocenters. The van der Waals surface area contributed by atoms with Crippen molar-refractivity contribution in [2.75, 3.05) is 21.3 Å². The molecular formula is C8H16NO6PS. The first-order valence-electron chi connectivity index (χ1n) is 4.67. The summed E-state index contributed by atoms with van der Waals surface area (Å²) in [5, 5.41) is 2.45. The van der Waals surface area contributed by atoms with Gasteiger partial charge < -0.3 is 18.9 Å². The minimum absolute atomic E-state index is 0.00230. The summed E-state index contributed by atoms with van der Waals surface area (Å²) in [6.07, 6.45) is 0.101. The van der Waals surface area contributed by atoms with Crippen LogP contribution in [-0.2, 0) is 35.4 Å². The maximum Gasteiger partial charge on any atom is 0.323 e. The molecule has 0 heterocycles. The number of ether oxygens (including phenoxy) is 2. The summed E-state index contributed by atoms with van der Waals surface area (Å²) in [5.41, 5.74) is 0. The van der Waals surface area contributed by atoms with Crippen molar-refractivity contribution in [2.45, 2.75) is 18.9 Å². The summed E-state index contributed by atoms with van der Waals surface area (Å²) in [6.45, 7) is -3.23. The molecule has 0 fully saturated rings. The number of hydrogen-bond acceptors (Lipinski definition) is 6. The van der Waals surface area contributed by atoms with Gasteiger partial charge in [0.25, 0.3) is 6.64 Å². The predicted molar refractivity (Wildman–Crippen MR) is 63.7 cm³/mol. The standard InChI is InChI=1S/C8H16NO6PS/c1-13-7(10)5-4-6(8(11)14-2)9-16(12,17)15-3/h6H,4-5H2,1-3H3,(H2,9,12,17)/t6-,16?/m0/s1. The Morgan fingerprint density at radius 3 is 2.35 bits per heavy atom. The Labute approximate surface area is 105 Å². The van der Waals surface area contributed by atoms with Gasteiger partial charge in [0.2, 0.25) is 0 Å². The highest BCUT2D eigenvalue weighted by Gasteiger charge is 2.26. The quantitative estimate of drug-likeness (QED) is 0.496. The summed E-state index contributed by atoms with van der Waals surface area (Å²) in [6, 6.07) is -0.908. The van der Waals surface area contributed by atoms with E-state index in [0.29, 0.717) is 0 Å². The van der Waals surface area contributed by atoms with Gasteiger partial charge in [-0.05, 0) is 18.2 Å². The van der Waals surface area contributed by atoms with Crippen LogP contribution in [0.2, 0.25) is 0 Å². The lowest BCUT2D eigenvalue weighted by atomic mass is 10.2. The molecule has 0 aromatic heterocycles. The number of rotatable bonds is 7. The first-order valence-corrected chi connectivity index (χ1v) is 7.34. The molecule has 2 N–H and O–H groups in total. The smallest absolute Gasteiger partial charge is 0.323 e. The van der Waals surface area contributed by atoms with E-state index in [0.717, 1.165) is 0 Å². The Balaban J connectivity index is 4.50. The Morgan fingerprint density at radius 2 is 1.94 bits per heavy atom. The van der Waals surface area contributed by atoms with Gasteiger partial charge in [-0.25, -0.2) is 5.09 Å². The van der Waals surface area contributed by atoms with E-state index in [-0.39, 0.29) is 12.8 Å². The molecule has 1 unspecified atom stereocenters. The monoisotopic (exact) mass is 285 g/mol. The molecule has 0 radical (unpaired) electrons. The molecule has 0 spiro atoms. The molecule has 7 nitrogen and oxygen atoms in total. The van der Waals surface area contributed by atoms with Crippen molar-refractivity contribution in [2.24, 2.45) is 0 Å². The van der Waals surface area contributed by atoms with Crippen molar-refractivity contribution >= 4 is 30.4 Å². The van der Waals surface area contributed by atoms with Crippen LogP contribution in [0.4, 0.5) is 0 Å². The summed E-state index contributed by atoms with van der Waals surface area (Å²) < 4.78 is 13.6. The molecule has 0 saturated carbocycles. The van der Waals surface area contributed by atoms with Crippen LogP contribution in [0.5, 0.6) is 0 Å². The molecular weight excluding hydrogens is 269 g/mol. The van der Waals surface area contributed by atoms with Gasteiger partial charge in [0, 0.05) is 13.5 Å². The number of hydrogen-bond donors (Lipinski definition) is 2. The molecule has 0 bridgehead atoms. The third-order valence-electron chi connectivity index (χ3n) is 1.92. The largest absolute Gasteiger partial charge is 0.469 e. The van der Waals surface area contributed by atoms with E-state index in [2.05, 4.69) is 19.1 Å². The van der Waals surface area contributed by atoms with Gasteiger partial charge in [-0.15, -0.1) is 0 Å². The molecule has 0 aliphatic rings. The van der Waals surface area contributed by atoms with Gasteiger partial charge in [0.15, 0.2) is 0 Å². The van der Waals surface area contributed by atoms with E-state index in [9.17, 15) is 14.5 Å². The van der Waals surface area contributed by atoms with Gasteiger partial charge >= 0.3 is 11.9 Å². The van der Waals surface area contributed by atoms with E-state index >= 15 is 0 Å². The van der Waals surface area contributed by atoms with Crippen molar-refractivity contribution in [3.63, 3.8) is 0 Å². The Kier molecular flexibility index (Phi) is 7.49. The topological polar surface area (TPSA) is 94.1 Å². The van der Waals surface area contributed by atoms with Crippen LogP contribution < -0.4 is 5.09 Å². The predicted octanol–water partition coefficient (Wildman–Crippen LogP) is -0.0660. The molecule has 100 valence electrons. The molecule has 0 aliphatic heterocycles. The molecule has 0 rings (SSSR count). The van der Waals surface area contributed by atoms with Crippen molar-refractivity contribution < 1.29 is 28.5 Å². The Bertz CT molecular complexity index is 323. The lowest BCUT2D eigenvalue weighted by Gasteiger charge is -2.21. The summed E-state index contributed by atoms with van der Waals surface area (Å²) in [4.78, 5) is 31.9. The van der Waals surface area contributed by atoms with Crippen LogP contribution in [0.15, 0.2) is 0 Å². The Hall–Kier alpha value is -0.530. The average Bonchev–Trinajstić information content (AvgIpc) is 2.32. The highest BCUT2D eigenvalue weighted by atomic mass is 32.5. The minimum atomic E-state index is -3.23. The third kappa shape index (κ3) is 6.70. The maximum atomic E-state index is 11.4. The SMILES string of the molecule is COC(=O)CC[C@H](NP(O)(=S)OC)C(=O)OC. The van der Waals surface area contributed by atoms with Crippen LogP contribution in [-0.4, -0.2) is 44.2 Å². The lowest BCUT2D eigenvalue weighted by molar-refractivity contribution is -0.144. The van der Waals surface area contributed by atoms with E-state index in [1.165, 1.54) is 21.3 Å². The van der Waals surface area contributed by atoms with Gasteiger partial charge in [-0.1, -0.05) is 0 Å². The van der Waals surface area contributed by atoms with Gasteiger partial charge in [-0.2, -0.15) is 0 Å². The van der Waals surface area contributed by atoms with Crippen molar-refractivity contribution in [3.8, 4) is 0 Å². The summed E-state index contributed by atoms with van der Waals surface area (Å²) >= 11 is 4.71. The first-order chi connectivity index (χ1) is 7.86. The molecule has 0 aromatic carbocycles. The van der Waals surface area contributed by atoms with Gasteiger partial charge in [0.1, 0.15) is 6.04 Å². The molecule has 0 aliphatic carbocycles. The molecule has 0 amide bonds. The fourth-order valence-electron chi connectivity index (χ4n) is 0.991. The average molecular weight is 285 g/mol. The highest BCUT2D eigenvalue weighted by molar-refractivity contribution is 8.08. The fraction of sp³-hybridized carbons (Fsp3) is 0.750. The van der Waals surface area contributed by atoms with E-state index < -0.39 is 24.6 Å². The second kappa shape index (κ2) is 7.73. The summed E-state index contributed by atoms with van der Waals surface area (Å²) in [5.74, 6) is -1.10. The molecule has 9 heteroatoms. The molecule has 0 aromatic rings. The van der Waals surface area contributed by atoms with Crippen LogP contribution in [0.3, 0.4) is 0 Å². The number of methoxy groups -OCH3 is 2. The van der Waals surface area contributed by atoms with Crippen LogP contribution >= 0.6 is 6.64 Å². The Morgan fingerprint density at radius 1 is 1.35 bits per heavy atom. The number of nitrogens with one attached hydrogen (secondary N) is 1. The normalized spacial score (nSPS) is 15.8. The van der Waals surface area contributed by atoms with Crippen LogP contribution in [0.1, 0.15) is 12.8 Å². The number of carbonyl (C=O) groups is 2. The molecule has 0 saturated heterocycles. The van der Waals surface area contributed by atoms with E-state index in [1.807, 2.05) is 0 Å². The highest BCUT2D eigenvalue weighted by Crippen LogP contribution is 2.37. The third-order valence-corrected chi connectivity index (χ3v) is 3.81. The second-order valence-electron chi connectivity index (χ2n) is 3.02. The fourth-order valence-corrected chi connectivity index (χ4v) is 2.11. The van der Waals surface area contributed by atoms with Crippen molar-refractivity contribution in [3.05, 3.63) is 0 Å². The number of carbonyl (C=O) groups excluding carboxylic acids is 2. The zero-order valence-corrected chi connectivity index (χ0v) is 11.5. The van der Waals surface area contributed by atoms with E-state index in [1.54, 1.807) is 0 Å². The van der Waals surface area contributed by atoms with Crippen molar-refractivity contribution in [1.82, 2.24) is 5.09 Å². The zero-order chi connectivity index (χ0) is 13.5. The number of esters is 2. The second-order valence-corrected chi connectivity index (χ2v) is 6.17. The zero-order valence-electron chi connectivity index (χ0n) is 9.84. The van der Waals surface area contributed by atoms with Crippen molar-refractivity contribution in [1.29, 1.82) is 0 Å². The van der Waals surface area contributed by atoms with Gasteiger partial charge in [0.05, 0.1) is 14.2 Å². The van der Waals surface area contributed by atoms with Gasteiger partial charge in [-0.3, -0.25) is 9.59 Å². The van der Waals surface area contributed by atoms with E-state index in [4.69, 9.17) is 11.8 Å².